The summed E-state index contributed by atoms with van der Waals surface area (Å²) >= 11 is 0. The van der Waals surface area contributed by atoms with Crippen molar-refractivity contribution in [3.8, 4) is 22.8 Å². The fourth-order valence-electron chi connectivity index (χ4n) is 4.37. The molecule has 0 unspecified atom stereocenters. The average Bonchev–Trinajstić information content (AvgIpc) is 3.27. The van der Waals surface area contributed by atoms with Crippen LogP contribution in [0.5, 0.6) is 11.5 Å². The Labute approximate surface area is 229 Å². The third-order valence-electron chi connectivity index (χ3n) is 6.46. The van der Waals surface area contributed by atoms with Crippen LogP contribution in [0.25, 0.3) is 11.3 Å². The normalized spacial score (nSPS) is 17.1. The first kappa shape index (κ1) is 32.4. The van der Waals surface area contributed by atoms with Gasteiger partial charge in [-0.2, -0.15) is 13.2 Å². The van der Waals surface area contributed by atoms with Crippen molar-refractivity contribution in [2.24, 2.45) is 11.8 Å². The highest BCUT2D eigenvalue weighted by Gasteiger charge is 2.38. The molecule has 1 aromatic heterocycles. The highest BCUT2D eigenvalue weighted by molar-refractivity contribution is 6.06. The van der Waals surface area contributed by atoms with Crippen LogP contribution in [-0.4, -0.2) is 64.6 Å². The molecule has 3 rings (SSSR count). The highest BCUT2D eigenvalue weighted by atomic mass is 19.4. The van der Waals surface area contributed by atoms with E-state index in [1.165, 1.54) is 6.07 Å². The van der Waals surface area contributed by atoms with Gasteiger partial charge >= 0.3 is 12.1 Å². The SMILES string of the molecule is CCNC(=O)c1noc(-c2cc(C(C)C)c(O)cc2O)c1NC(=O)C1CCC(CNC)CC1.O=C(O)C(F)(F)F. The molecule has 1 heterocycles. The Morgan fingerprint density at radius 2 is 1.70 bits per heavy atom. The van der Waals surface area contributed by atoms with Gasteiger partial charge in [0, 0.05) is 18.5 Å². The van der Waals surface area contributed by atoms with Crippen molar-refractivity contribution in [1.29, 1.82) is 0 Å². The molecule has 2 amide bonds. The molecule has 1 aromatic carbocycles. The Kier molecular flexibility index (Phi) is 11.3. The summed E-state index contributed by atoms with van der Waals surface area (Å²) in [6.07, 6.45) is -1.65. The Hall–Kier alpha value is -3.81. The van der Waals surface area contributed by atoms with Gasteiger partial charge in [-0.3, -0.25) is 9.59 Å². The third-order valence-corrected chi connectivity index (χ3v) is 6.46. The van der Waals surface area contributed by atoms with E-state index in [1.54, 1.807) is 13.0 Å². The number of carbonyl (C=O) groups is 3. The number of hydrogen-bond donors (Lipinski definition) is 6. The molecule has 0 radical (unpaired) electrons. The fourth-order valence-corrected chi connectivity index (χ4v) is 4.37. The number of carboxylic acids is 1. The maximum Gasteiger partial charge on any atom is 0.490 e. The van der Waals surface area contributed by atoms with Crippen molar-refractivity contribution in [2.45, 2.75) is 58.5 Å². The number of amides is 2. The molecule has 0 atom stereocenters. The van der Waals surface area contributed by atoms with Crippen molar-refractivity contribution in [1.82, 2.24) is 15.8 Å². The van der Waals surface area contributed by atoms with Gasteiger partial charge in [-0.15, -0.1) is 0 Å². The van der Waals surface area contributed by atoms with Gasteiger partial charge in [-0.1, -0.05) is 19.0 Å². The second-order valence-corrected chi connectivity index (χ2v) is 9.75. The van der Waals surface area contributed by atoms with Crippen LogP contribution in [0.3, 0.4) is 0 Å². The van der Waals surface area contributed by atoms with Crippen LogP contribution in [0, 0.1) is 11.8 Å². The van der Waals surface area contributed by atoms with Crippen LogP contribution >= 0.6 is 0 Å². The number of nitrogens with zero attached hydrogens (tertiary/aromatic N) is 1. The summed E-state index contributed by atoms with van der Waals surface area (Å²) in [5.41, 5.74) is 0.910. The largest absolute Gasteiger partial charge is 0.508 e. The number of anilines is 1. The number of alkyl halides is 3. The first-order chi connectivity index (χ1) is 18.7. The molecule has 1 fully saturated rings. The average molecular weight is 573 g/mol. The van der Waals surface area contributed by atoms with Gasteiger partial charge in [-0.25, -0.2) is 4.79 Å². The zero-order chi connectivity index (χ0) is 30.2. The lowest BCUT2D eigenvalue weighted by Gasteiger charge is -2.27. The lowest BCUT2D eigenvalue weighted by molar-refractivity contribution is -0.192. The van der Waals surface area contributed by atoms with Gasteiger partial charge in [0.2, 0.25) is 5.91 Å². The van der Waals surface area contributed by atoms with Gasteiger partial charge in [0.25, 0.3) is 5.91 Å². The summed E-state index contributed by atoms with van der Waals surface area (Å²) < 4.78 is 37.2. The molecular formula is C26H35F3N4O7. The molecule has 1 aliphatic rings. The van der Waals surface area contributed by atoms with Gasteiger partial charge in [0.05, 0.1) is 5.56 Å². The summed E-state index contributed by atoms with van der Waals surface area (Å²) in [4.78, 5) is 34.6. The van der Waals surface area contributed by atoms with E-state index in [2.05, 4.69) is 21.1 Å². The number of phenols is 2. The van der Waals surface area contributed by atoms with Crippen LogP contribution in [0.1, 0.15) is 68.4 Å². The van der Waals surface area contributed by atoms with Gasteiger partial charge in [0.15, 0.2) is 11.5 Å². The lowest BCUT2D eigenvalue weighted by Crippen LogP contribution is -2.31. The minimum atomic E-state index is -5.08. The first-order valence-corrected chi connectivity index (χ1v) is 12.8. The number of aromatic nitrogens is 1. The second-order valence-electron chi connectivity index (χ2n) is 9.75. The molecule has 14 heteroatoms. The van der Waals surface area contributed by atoms with E-state index in [0.717, 1.165) is 32.2 Å². The summed E-state index contributed by atoms with van der Waals surface area (Å²) in [5.74, 6) is -3.29. The number of hydrogen-bond acceptors (Lipinski definition) is 8. The summed E-state index contributed by atoms with van der Waals surface area (Å²) in [6.45, 7) is 6.91. The molecule has 1 saturated carbocycles. The molecule has 11 nitrogen and oxygen atoms in total. The first-order valence-electron chi connectivity index (χ1n) is 12.8. The molecule has 2 aromatic rings. The molecule has 0 saturated heterocycles. The minimum Gasteiger partial charge on any atom is -0.508 e. The molecule has 0 aliphatic heterocycles. The number of halogens is 3. The maximum absolute atomic E-state index is 13.1. The van der Waals surface area contributed by atoms with Crippen LogP contribution in [0.2, 0.25) is 0 Å². The molecule has 40 heavy (non-hydrogen) atoms. The monoisotopic (exact) mass is 572 g/mol. The smallest absolute Gasteiger partial charge is 0.490 e. The Morgan fingerprint density at radius 3 is 2.20 bits per heavy atom. The van der Waals surface area contributed by atoms with Gasteiger partial charge < -0.3 is 35.8 Å². The Morgan fingerprint density at radius 1 is 1.10 bits per heavy atom. The number of aromatic hydroxyl groups is 2. The van der Waals surface area contributed by atoms with Crippen LogP contribution in [0.4, 0.5) is 18.9 Å². The number of nitrogens with one attached hydrogen (secondary N) is 3. The molecule has 0 spiro atoms. The Bertz CT molecular complexity index is 1190. The topological polar surface area (TPSA) is 174 Å². The van der Waals surface area contributed by atoms with Crippen molar-refractivity contribution in [2.75, 3.05) is 25.5 Å². The molecular weight excluding hydrogens is 537 g/mol. The van der Waals surface area contributed by atoms with E-state index < -0.39 is 18.1 Å². The van der Waals surface area contributed by atoms with E-state index >= 15 is 0 Å². The highest BCUT2D eigenvalue weighted by Crippen LogP contribution is 2.42. The van der Waals surface area contributed by atoms with E-state index in [0.29, 0.717) is 18.0 Å². The zero-order valence-corrected chi connectivity index (χ0v) is 22.7. The van der Waals surface area contributed by atoms with Gasteiger partial charge in [0.1, 0.15) is 17.2 Å². The summed E-state index contributed by atoms with van der Waals surface area (Å²) in [5, 5.41) is 40.5. The minimum absolute atomic E-state index is 0.0269. The van der Waals surface area contributed by atoms with Crippen LogP contribution in [-0.2, 0) is 9.59 Å². The third kappa shape index (κ3) is 8.34. The van der Waals surface area contributed by atoms with E-state index in [1.807, 2.05) is 20.9 Å². The lowest BCUT2D eigenvalue weighted by atomic mass is 9.81. The predicted molar refractivity (Wildman–Crippen MR) is 139 cm³/mol. The number of phenolic OH excluding ortho intramolecular Hbond substituents is 2. The summed E-state index contributed by atoms with van der Waals surface area (Å²) in [7, 11) is 1.93. The van der Waals surface area contributed by atoms with Crippen LogP contribution < -0.4 is 16.0 Å². The second kappa shape index (κ2) is 14.0. The zero-order valence-electron chi connectivity index (χ0n) is 22.7. The fraction of sp³-hybridized carbons (Fsp3) is 0.538. The molecule has 222 valence electrons. The quantitative estimate of drug-likeness (QED) is 0.271. The number of aliphatic carboxylic acids is 1. The van der Waals surface area contributed by atoms with Crippen molar-refractivity contribution >= 4 is 23.5 Å². The summed E-state index contributed by atoms with van der Waals surface area (Å²) in [6, 6.07) is 2.82. The number of rotatable bonds is 8. The van der Waals surface area contributed by atoms with Crippen molar-refractivity contribution in [3.05, 3.63) is 23.4 Å². The number of carboxylic acid groups (broad SMARTS) is 1. The van der Waals surface area contributed by atoms with Crippen molar-refractivity contribution in [3.63, 3.8) is 0 Å². The predicted octanol–water partition coefficient (Wildman–Crippen LogP) is 4.22. The molecule has 6 N–H and O–H groups in total. The Balaban J connectivity index is 0.000000708. The molecule has 0 bridgehead atoms. The van der Waals surface area contributed by atoms with Crippen molar-refractivity contribution < 1.29 is 47.4 Å². The number of benzene rings is 1. The molecule has 1 aliphatic carbocycles. The van der Waals surface area contributed by atoms with E-state index in [9.17, 15) is 33.0 Å². The number of carbonyl (C=O) groups excluding carboxylic acids is 2. The standard InChI is InChI=1S/C24H34N4O5.C2HF3O2/c1-5-26-24(32)21-20(27-23(31)15-8-6-14(7-9-15)12-25-4)22(33-28-21)17-10-16(13(2)3)18(29)11-19(17)30;3-2(4,5)1(6)7/h10-11,13-15,25,29-30H,5-9,12H2,1-4H3,(H,26,32)(H,27,31);(H,6,7). The van der Waals surface area contributed by atoms with Crippen LogP contribution in [0.15, 0.2) is 16.7 Å². The van der Waals surface area contributed by atoms with E-state index in [4.69, 9.17) is 14.4 Å². The maximum atomic E-state index is 13.1. The van der Waals surface area contributed by atoms with Gasteiger partial charge in [-0.05, 0) is 69.7 Å². The van der Waals surface area contributed by atoms with E-state index in [-0.39, 0.29) is 51.9 Å².